The van der Waals surface area contributed by atoms with Gasteiger partial charge in [-0.15, -0.1) is 0 Å². The van der Waals surface area contributed by atoms with Crippen LogP contribution in [0.3, 0.4) is 0 Å². The van der Waals surface area contributed by atoms with E-state index in [0.29, 0.717) is 12.2 Å². The summed E-state index contributed by atoms with van der Waals surface area (Å²) in [6.07, 6.45) is 2.03. The molecule has 1 rings (SSSR count). The molecule has 1 heterocycles. The van der Waals surface area contributed by atoms with Crippen molar-refractivity contribution in [1.29, 1.82) is 0 Å². The van der Waals surface area contributed by atoms with Crippen LogP contribution in [0.4, 0.5) is 5.82 Å². The number of hydrogen-bond acceptors (Lipinski definition) is 4. The van der Waals surface area contributed by atoms with Crippen LogP contribution in [-0.4, -0.2) is 21.9 Å². The lowest BCUT2D eigenvalue weighted by atomic mass is 10.2. The molecular formula is C8H11ClN4O. The molecule has 0 radical (unpaired) electrons. The van der Waals surface area contributed by atoms with Gasteiger partial charge in [0.15, 0.2) is 0 Å². The Labute approximate surface area is 86.7 Å². The van der Waals surface area contributed by atoms with E-state index in [4.69, 9.17) is 17.3 Å². The molecule has 1 atom stereocenters. The number of rotatable bonds is 3. The summed E-state index contributed by atoms with van der Waals surface area (Å²) in [6, 6.07) is 1.02. The maximum atomic E-state index is 11.3. The van der Waals surface area contributed by atoms with Crippen molar-refractivity contribution in [3.63, 3.8) is 0 Å². The summed E-state index contributed by atoms with van der Waals surface area (Å²) in [6.45, 7) is 1.83. The first-order valence-corrected chi connectivity index (χ1v) is 4.56. The zero-order valence-electron chi connectivity index (χ0n) is 7.70. The summed E-state index contributed by atoms with van der Waals surface area (Å²) in [4.78, 5) is 18.8. The van der Waals surface area contributed by atoms with Crippen molar-refractivity contribution in [3.05, 3.63) is 17.5 Å². The lowest BCUT2D eigenvalue weighted by Gasteiger charge is -2.08. The molecule has 5 nitrogen and oxygen atoms in total. The van der Waals surface area contributed by atoms with E-state index in [2.05, 4.69) is 15.3 Å². The maximum absolute atomic E-state index is 11.3. The van der Waals surface area contributed by atoms with E-state index in [-0.39, 0.29) is 11.2 Å². The van der Waals surface area contributed by atoms with Gasteiger partial charge in [-0.2, -0.15) is 0 Å². The highest BCUT2D eigenvalue weighted by atomic mass is 35.5. The Morgan fingerprint density at radius 1 is 1.79 bits per heavy atom. The fourth-order valence-corrected chi connectivity index (χ4v) is 0.956. The number of halogens is 1. The van der Waals surface area contributed by atoms with E-state index >= 15 is 0 Å². The third-order valence-electron chi connectivity index (χ3n) is 1.65. The minimum Gasteiger partial charge on any atom is -0.320 e. The molecule has 0 saturated carbocycles. The van der Waals surface area contributed by atoms with Crippen LogP contribution >= 0.6 is 11.6 Å². The Balaban J connectivity index is 2.65. The summed E-state index contributed by atoms with van der Waals surface area (Å²) >= 11 is 5.54. The lowest BCUT2D eigenvalue weighted by molar-refractivity contribution is -0.117. The molecule has 0 aromatic carbocycles. The topological polar surface area (TPSA) is 80.9 Å². The van der Waals surface area contributed by atoms with Crippen LogP contribution in [0.25, 0.3) is 0 Å². The van der Waals surface area contributed by atoms with Gasteiger partial charge in [-0.3, -0.25) is 4.79 Å². The summed E-state index contributed by atoms with van der Waals surface area (Å²) < 4.78 is 0. The minimum atomic E-state index is -0.524. The average molecular weight is 215 g/mol. The van der Waals surface area contributed by atoms with Crippen LogP contribution in [0.1, 0.15) is 13.3 Å². The number of carbonyl (C=O) groups is 1. The van der Waals surface area contributed by atoms with Crippen molar-refractivity contribution in [2.75, 3.05) is 5.32 Å². The highest BCUT2D eigenvalue weighted by molar-refractivity contribution is 6.28. The van der Waals surface area contributed by atoms with Gasteiger partial charge >= 0.3 is 0 Å². The Kier molecular flexibility index (Phi) is 3.79. The Morgan fingerprint density at radius 2 is 2.50 bits per heavy atom. The zero-order valence-corrected chi connectivity index (χ0v) is 8.45. The number of amides is 1. The Hall–Kier alpha value is -1.20. The number of anilines is 1. The van der Waals surface area contributed by atoms with Gasteiger partial charge < -0.3 is 11.1 Å². The van der Waals surface area contributed by atoms with Crippen LogP contribution in [0, 0.1) is 0 Å². The number of nitrogens with two attached hydrogens (primary N) is 1. The molecule has 0 aliphatic carbocycles. The van der Waals surface area contributed by atoms with Crippen molar-refractivity contribution in [2.24, 2.45) is 5.73 Å². The second-order valence-electron chi connectivity index (χ2n) is 2.71. The molecule has 1 unspecified atom stereocenters. The van der Waals surface area contributed by atoms with Crippen molar-refractivity contribution in [2.45, 2.75) is 19.4 Å². The molecule has 0 aliphatic rings. The van der Waals surface area contributed by atoms with Crippen LogP contribution in [0.2, 0.25) is 5.28 Å². The molecule has 0 aliphatic heterocycles. The smallest absolute Gasteiger partial charge is 0.242 e. The molecule has 1 amide bonds. The standard InChI is InChI=1S/C8H11ClN4O/c1-2-5(10)7(14)12-6-3-4-11-8(9)13-6/h3-5H,2,10H2,1H3,(H,11,12,13,14). The lowest BCUT2D eigenvalue weighted by Crippen LogP contribution is -2.35. The largest absolute Gasteiger partial charge is 0.320 e. The minimum absolute atomic E-state index is 0.0906. The van der Waals surface area contributed by atoms with E-state index in [9.17, 15) is 4.79 Å². The SMILES string of the molecule is CCC(N)C(=O)Nc1ccnc(Cl)n1. The summed E-state index contributed by atoms with van der Waals surface area (Å²) in [7, 11) is 0. The van der Waals surface area contributed by atoms with E-state index in [0.717, 1.165) is 0 Å². The molecule has 0 fully saturated rings. The molecule has 3 N–H and O–H groups in total. The molecule has 0 bridgehead atoms. The maximum Gasteiger partial charge on any atom is 0.242 e. The van der Waals surface area contributed by atoms with E-state index in [1.165, 1.54) is 6.20 Å². The predicted molar refractivity (Wildman–Crippen MR) is 53.9 cm³/mol. The van der Waals surface area contributed by atoms with Crippen LogP contribution < -0.4 is 11.1 Å². The summed E-state index contributed by atoms with van der Waals surface area (Å²) in [5, 5.41) is 2.62. The zero-order chi connectivity index (χ0) is 10.6. The van der Waals surface area contributed by atoms with E-state index in [1.807, 2.05) is 6.92 Å². The quantitative estimate of drug-likeness (QED) is 0.730. The number of carbonyl (C=O) groups excluding carboxylic acids is 1. The Bertz CT molecular complexity index is 331. The second-order valence-corrected chi connectivity index (χ2v) is 3.05. The number of nitrogens with one attached hydrogen (secondary N) is 1. The van der Waals surface area contributed by atoms with E-state index < -0.39 is 6.04 Å². The van der Waals surface area contributed by atoms with Crippen LogP contribution in [0.5, 0.6) is 0 Å². The van der Waals surface area contributed by atoms with Crippen molar-refractivity contribution >= 4 is 23.3 Å². The van der Waals surface area contributed by atoms with Gasteiger partial charge in [0.1, 0.15) is 5.82 Å². The van der Waals surface area contributed by atoms with Gasteiger partial charge in [0.25, 0.3) is 0 Å². The van der Waals surface area contributed by atoms with Gasteiger partial charge in [-0.1, -0.05) is 6.92 Å². The molecule has 6 heteroatoms. The third-order valence-corrected chi connectivity index (χ3v) is 1.84. The molecule has 0 saturated heterocycles. The summed E-state index contributed by atoms with van der Waals surface area (Å²) in [5.41, 5.74) is 5.51. The molecule has 1 aromatic heterocycles. The van der Waals surface area contributed by atoms with Gasteiger partial charge in [-0.05, 0) is 24.1 Å². The average Bonchev–Trinajstić information content (AvgIpc) is 2.16. The Morgan fingerprint density at radius 3 is 3.07 bits per heavy atom. The van der Waals surface area contributed by atoms with Crippen LogP contribution in [-0.2, 0) is 4.79 Å². The highest BCUT2D eigenvalue weighted by Crippen LogP contribution is 2.06. The van der Waals surface area contributed by atoms with Crippen LogP contribution in [0.15, 0.2) is 12.3 Å². The van der Waals surface area contributed by atoms with E-state index in [1.54, 1.807) is 6.07 Å². The molecule has 76 valence electrons. The number of hydrogen-bond donors (Lipinski definition) is 2. The van der Waals surface area contributed by atoms with Gasteiger partial charge in [0, 0.05) is 6.20 Å². The van der Waals surface area contributed by atoms with Gasteiger partial charge in [0.05, 0.1) is 6.04 Å². The monoisotopic (exact) mass is 214 g/mol. The molecule has 0 spiro atoms. The third kappa shape index (κ3) is 2.93. The van der Waals surface area contributed by atoms with Gasteiger partial charge in [0.2, 0.25) is 11.2 Å². The fraction of sp³-hybridized carbons (Fsp3) is 0.375. The first-order valence-electron chi connectivity index (χ1n) is 4.18. The predicted octanol–water partition coefficient (Wildman–Crippen LogP) is 0.806. The van der Waals surface area contributed by atoms with Crippen molar-refractivity contribution < 1.29 is 4.79 Å². The highest BCUT2D eigenvalue weighted by Gasteiger charge is 2.11. The molecular weight excluding hydrogens is 204 g/mol. The van der Waals surface area contributed by atoms with Gasteiger partial charge in [-0.25, -0.2) is 9.97 Å². The van der Waals surface area contributed by atoms with Crippen molar-refractivity contribution in [1.82, 2.24) is 9.97 Å². The number of nitrogens with zero attached hydrogens (tertiary/aromatic N) is 2. The molecule has 1 aromatic rings. The fourth-order valence-electron chi connectivity index (χ4n) is 0.809. The van der Waals surface area contributed by atoms with Crippen molar-refractivity contribution in [3.8, 4) is 0 Å². The summed E-state index contributed by atoms with van der Waals surface area (Å²) in [5.74, 6) is 0.0844. The number of aromatic nitrogens is 2. The first kappa shape index (κ1) is 10.9. The normalized spacial score (nSPS) is 12.2. The molecule has 14 heavy (non-hydrogen) atoms. The second kappa shape index (κ2) is 4.88. The first-order chi connectivity index (χ1) is 6.63.